The molecule has 0 spiro atoms. The lowest BCUT2D eigenvalue weighted by molar-refractivity contribution is 0.962. The predicted octanol–water partition coefficient (Wildman–Crippen LogP) is 2.31. The fourth-order valence-corrected chi connectivity index (χ4v) is 2.46. The number of nitrogens with one attached hydrogen (secondary N) is 1. The van der Waals surface area contributed by atoms with Crippen LogP contribution in [0, 0.1) is 13.8 Å². The standard InChI is InChI=1S/C9H10BrN5S/c1-4-6(11)3-12-8(7(4)10)16-9-13-5(2)14-15-9/h3H,11H2,1-2H3,(H,13,14,15). The minimum absolute atomic E-state index is 0.648. The number of halogens is 1. The monoisotopic (exact) mass is 299 g/mol. The highest BCUT2D eigenvalue weighted by molar-refractivity contribution is 9.10. The van der Waals surface area contributed by atoms with E-state index in [2.05, 4.69) is 36.1 Å². The number of rotatable bonds is 2. The SMILES string of the molecule is Cc1nc(Sc2ncc(N)c(C)c2Br)n[nH]1. The Morgan fingerprint density at radius 3 is 2.81 bits per heavy atom. The topological polar surface area (TPSA) is 80.5 Å². The van der Waals surface area contributed by atoms with Crippen LogP contribution < -0.4 is 5.73 Å². The largest absolute Gasteiger partial charge is 0.397 e. The van der Waals surface area contributed by atoms with Crippen LogP contribution in [0.4, 0.5) is 5.69 Å². The van der Waals surface area contributed by atoms with E-state index in [1.165, 1.54) is 11.8 Å². The summed E-state index contributed by atoms with van der Waals surface area (Å²) in [6.07, 6.45) is 1.64. The number of anilines is 1. The second-order valence-electron chi connectivity index (χ2n) is 3.26. The smallest absolute Gasteiger partial charge is 0.214 e. The maximum atomic E-state index is 5.75. The normalized spacial score (nSPS) is 10.7. The molecule has 2 rings (SSSR count). The molecular formula is C9H10BrN5S. The third-order valence-electron chi connectivity index (χ3n) is 2.04. The average molecular weight is 300 g/mol. The van der Waals surface area contributed by atoms with Crippen molar-refractivity contribution in [2.45, 2.75) is 24.0 Å². The minimum Gasteiger partial charge on any atom is -0.397 e. The predicted molar refractivity (Wildman–Crippen MR) is 66.3 cm³/mol. The number of nitrogens with two attached hydrogens (primary N) is 1. The first-order valence-electron chi connectivity index (χ1n) is 4.55. The van der Waals surface area contributed by atoms with Gasteiger partial charge in [0, 0.05) is 0 Å². The van der Waals surface area contributed by atoms with E-state index in [0.29, 0.717) is 10.8 Å². The Hall–Kier alpha value is -1.08. The molecular weight excluding hydrogens is 290 g/mol. The Labute approximate surface area is 105 Å². The molecule has 0 saturated carbocycles. The number of hydrogen-bond donors (Lipinski definition) is 2. The summed E-state index contributed by atoms with van der Waals surface area (Å²) in [5.41, 5.74) is 7.39. The number of aryl methyl sites for hydroxylation is 1. The van der Waals surface area contributed by atoms with Crippen LogP contribution in [0.1, 0.15) is 11.4 Å². The minimum atomic E-state index is 0.648. The Morgan fingerprint density at radius 1 is 1.44 bits per heavy atom. The van der Waals surface area contributed by atoms with Gasteiger partial charge in [0.2, 0.25) is 5.16 Å². The Balaban J connectivity index is 2.32. The van der Waals surface area contributed by atoms with Gasteiger partial charge in [-0.15, -0.1) is 5.10 Å². The number of aromatic amines is 1. The molecule has 0 atom stereocenters. The lowest BCUT2D eigenvalue weighted by Gasteiger charge is -2.05. The summed E-state index contributed by atoms with van der Waals surface area (Å²) in [5.74, 6) is 0.783. The van der Waals surface area contributed by atoms with E-state index in [1.807, 2.05) is 13.8 Å². The van der Waals surface area contributed by atoms with Crippen LogP contribution in [0.3, 0.4) is 0 Å². The van der Waals surface area contributed by atoms with Gasteiger partial charge >= 0.3 is 0 Å². The summed E-state index contributed by atoms with van der Waals surface area (Å²) in [6.45, 7) is 3.79. The quantitative estimate of drug-likeness (QED) is 0.889. The first-order chi connectivity index (χ1) is 7.58. The number of pyridine rings is 1. The molecule has 0 aromatic carbocycles. The zero-order valence-corrected chi connectivity index (χ0v) is 11.2. The molecule has 0 radical (unpaired) electrons. The lowest BCUT2D eigenvalue weighted by Crippen LogP contribution is -1.94. The molecule has 0 aliphatic rings. The maximum absolute atomic E-state index is 5.75. The summed E-state index contributed by atoms with van der Waals surface area (Å²) in [6, 6.07) is 0. The molecule has 0 bridgehead atoms. The van der Waals surface area contributed by atoms with E-state index in [1.54, 1.807) is 6.20 Å². The van der Waals surface area contributed by atoms with E-state index in [-0.39, 0.29) is 0 Å². The van der Waals surface area contributed by atoms with Gasteiger partial charge in [-0.3, -0.25) is 5.10 Å². The van der Waals surface area contributed by atoms with Crippen LogP contribution in [-0.4, -0.2) is 20.2 Å². The van der Waals surface area contributed by atoms with Crippen LogP contribution in [-0.2, 0) is 0 Å². The van der Waals surface area contributed by atoms with Crippen LogP contribution in [0.15, 0.2) is 20.9 Å². The first kappa shape index (κ1) is 11.4. The molecule has 2 heterocycles. The van der Waals surface area contributed by atoms with Gasteiger partial charge in [0.05, 0.1) is 16.4 Å². The number of H-pyrrole nitrogens is 1. The number of hydrogen-bond acceptors (Lipinski definition) is 5. The Morgan fingerprint density at radius 2 is 2.19 bits per heavy atom. The van der Waals surface area contributed by atoms with Gasteiger partial charge in [-0.05, 0) is 47.1 Å². The van der Waals surface area contributed by atoms with Crippen molar-refractivity contribution in [3.63, 3.8) is 0 Å². The molecule has 5 nitrogen and oxygen atoms in total. The van der Waals surface area contributed by atoms with E-state index < -0.39 is 0 Å². The fourth-order valence-electron chi connectivity index (χ4n) is 1.09. The molecule has 2 aromatic heterocycles. The summed E-state index contributed by atoms with van der Waals surface area (Å²) in [5, 5.41) is 8.28. The summed E-state index contributed by atoms with van der Waals surface area (Å²) < 4.78 is 0.889. The zero-order chi connectivity index (χ0) is 11.7. The zero-order valence-electron chi connectivity index (χ0n) is 8.78. The Kier molecular flexibility index (Phi) is 3.15. The third kappa shape index (κ3) is 2.19. The highest BCUT2D eigenvalue weighted by Gasteiger charge is 2.11. The van der Waals surface area contributed by atoms with Crippen LogP contribution >= 0.6 is 27.7 Å². The molecule has 3 N–H and O–H groups in total. The highest BCUT2D eigenvalue weighted by Crippen LogP contribution is 2.33. The second-order valence-corrected chi connectivity index (χ2v) is 5.01. The van der Waals surface area contributed by atoms with Gasteiger partial charge in [0.1, 0.15) is 10.9 Å². The molecule has 2 aromatic rings. The van der Waals surface area contributed by atoms with Gasteiger partial charge < -0.3 is 5.73 Å². The second kappa shape index (κ2) is 4.42. The average Bonchev–Trinajstić information content (AvgIpc) is 2.65. The molecule has 0 saturated heterocycles. The molecule has 16 heavy (non-hydrogen) atoms. The number of nitrogen functional groups attached to an aromatic ring is 1. The van der Waals surface area contributed by atoms with E-state index in [9.17, 15) is 0 Å². The summed E-state index contributed by atoms with van der Waals surface area (Å²) in [7, 11) is 0. The van der Waals surface area contributed by atoms with E-state index in [0.717, 1.165) is 20.9 Å². The molecule has 0 aliphatic heterocycles. The van der Waals surface area contributed by atoms with Crippen LogP contribution in [0.5, 0.6) is 0 Å². The van der Waals surface area contributed by atoms with Crippen molar-refractivity contribution in [2.75, 3.05) is 5.73 Å². The lowest BCUT2D eigenvalue weighted by atomic mass is 10.3. The fraction of sp³-hybridized carbons (Fsp3) is 0.222. The van der Waals surface area contributed by atoms with Crippen molar-refractivity contribution < 1.29 is 0 Å². The molecule has 0 fully saturated rings. The van der Waals surface area contributed by atoms with Gasteiger partial charge in [0.25, 0.3) is 0 Å². The van der Waals surface area contributed by atoms with Crippen LogP contribution in [0.2, 0.25) is 0 Å². The van der Waals surface area contributed by atoms with Gasteiger partial charge in [-0.1, -0.05) is 0 Å². The van der Waals surface area contributed by atoms with Crippen molar-refractivity contribution >= 4 is 33.4 Å². The van der Waals surface area contributed by atoms with E-state index in [4.69, 9.17) is 5.73 Å². The Bertz CT molecular complexity index is 525. The van der Waals surface area contributed by atoms with Crippen molar-refractivity contribution in [3.05, 3.63) is 22.1 Å². The van der Waals surface area contributed by atoms with Crippen LogP contribution in [0.25, 0.3) is 0 Å². The van der Waals surface area contributed by atoms with Gasteiger partial charge in [0.15, 0.2) is 0 Å². The van der Waals surface area contributed by atoms with Crippen molar-refractivity contribution in [3.8, 4) is 0 Å². The van der Waals surface area contributed by atoms with Crippen molar-refractivity contribution in [1.82, 2.24) is 20.2 Å². The van der Waals surface area contributed by atoms with Crippen molar-refractivity contribution in [1.29, 1.82) is 0 Å². The van der Waals surface area contributed by atoms with Crippen molar-refractivity contribution in [2.24, 2.45) is 0 Å². The van der Waals surface area contributed by atoms with Gasteiger partial charge in [-0.25, -0.2) is 9.97 Å². The molecule has 84 valence electrons. The summed E-state index contributed by atoms with van der Waals surface area (Å²) >= 11 is 4.86. The van der Waals surface area contributed by atoms with E-state index >= 15 is 0 Å². The molecule has 7 heteroatoms. The number of aromatic nitrogens is 4. The maximum Gasteiger partial charge on any atom is 0.214 e. The number of nitrogens with zero attached hydrogens (tertiary/aromatic N) is 3. The summed E-state index contributed by atoms with van der Waals surface area (Å²) in [4.78, 5) is 8.44. The molecule has 0 unspecified atom stereocenters. The highest BCUT2D eigenvalue weighted by atomic mass is 79.9. The van der Waals surface area contributed by atoms with Gasteiger partial charge in [-0.2, -0.15) is 0 Å². The molecule has 0 amide bonds. The molecule has 0 aliphatic carbocycles. The first-order valence-corrected chi connectivity index (χ1v) is 6.16. The third-order valence-corrected chi connectivity index (χ3v) is 4.14.